The van der Waals surface area contributed by atoms with Gasteiger partial charge in [-0.3, -0.25) is 9.59 Å². The Kier molecular flexibility index (Phi) is 37.2. The molecule has 6 heteroatoms. The number of aliphatic hydroxyl groups is 1. The third-order valence-corrected chi connectivity index (χ3v) is 10.5. The number of carbonyl (C=O) groups is 2. The number of aliphatic carboxylic acids is 1. The Balaban J connectivity index is 4.26. The SMILES string of the molecule is CCCCCCCCCCOC(=O)CCCCCN(CCO)CCCCCCC(C(=O)O)C(CCCCCCCC)CCCCCCCC. The number of hydrogen-bond acceptors (Lipinski definition) is 5. The Bertz CT molecular complexity index is 686. The Labute approximate surface area is 305 Å². The van der Waals surface area contributed by atoms with E-state index in [1.165, 1.54) is 116 Å². The molecule has 0 saturated heterocycles. The van der Waals surface area contributed by atoms with Crippen molar-refractivity contribution in [2.75, 3.05) is 32.8 Å². The second-order valence-corrected chi connectivity index (χ2v) is 15.1. The van der Waals surface area contributed by atoms with Crippen LogP contribution in [0.25, 0.3) is 0 Å². The molecule has 0 fully saturated rings. The lowest BCUT2D eigenvalue weighted by atomic mass is 9.80. The molecule has 0 aliphatic carbocycles. The van der Waals surface area contributed by atoms with Gasteiger partial charge in [0.1, 0.15) is 0 Å². The molecule has 0 amide bonds. The number of hydrogen-bond donors (Lipinski definition) is 2. The standard InChI is InChI=1S/C43H85NO5/c1-4-7-10-13-16-17-22-30-39-49-42(46)34-27-23-29-36-44(37-38-45)35-28-21-20-26-33-41(43(47)48)40(31-24-18-14-11-8-5-2)32-25-19-15-12-9-6-3/h40-41,45H,4-39H2,1-3H3,(H,47,48). The summed E-state index contributed by atoms with van der Waals surface area (Å²) < 4.78 is 5.43. The minimum absolute atomic E-state index is 0.0589. The summed E-state index contributed by atoms with van der Waals surface area (Å²) in [7, 11) is 0. The zero-order valence-corrected chi connectivity index (χ0v) is 33.2. The summed E-state index contributed by atoms with van der Waals surface area (Å²) >= 11 is 0. The van der Waals surface area contributed by atoms with Crippen LogP contribution in [0.5, 0.6) is 0 Å². The van der Waals surface area contributed by atoms with Gasteiger partial charge in [0.05, 0.1) is 19.1 Å². The van der Waals surface area contributed by atoms with Crippen LogP contribution in [0, 0.1) is 11.8 Å². The first-order valence-electron chi connectivity index (χ1n) is 21.7. The van der Waals surface area contributed by atoms with Crippen LogP contribution >= 0.6 is 0 Å². The first-order chi connectivity index (χ1) is 24.0. The van der Waals surface area contributed by atoms with Gasteiger partial charge in [-0.05, 0) is 64.0 Å². The lowest BCUT2D eigenvalue weighted by Crippen LogP contribution is -2.29. The van der Waals surface area contributed by atoms with Gasteiger partial charge in [-0.25, -0.2) is 0 Å². The molecule has 0 spiro atoms. The predicted octanol–water partition coefficient (Wildman–Crippen LogP) is 12.3. The van der Waals surface area contributed by atoms with Gasteiger partial charge in [-0.2, -0.15) is 0 Å². The fourth-order valence-electron chi connectivity index (χ4n) is 7.29. The summed E-state index contributed by atoms with van der Waals surface area (Å²) in [5.74, 6) is -0.504. The average molecular weight is 696 g/mol. The van der Waals surface area contributed by atoms with Gasteiger partial charge >= 0.3 is 11.9 Å². The molecule has 1 unspecified atom stereocenters. The molecule has 6 nitrogen and oxygen atoms in total. The molecule has 0 aromatic carbocycles. The molecule has 0 saturated carbocycles. The fraction of sp³-hybridized carbons (Fsp3) is 0.953. The summed E-state index contributed by atoms with van der Waals surface area (Å²) in [4.78, 5) is 26.8. The van der Waals surface area contributed by atoms with Gasteiger partial charge < -0.3 is 19.8 Å². The van der Waals surface area contributed by atoms with Crippen molar-refractivity contribution < 1.29 is 24.5 Å². The van der Waals surface area contributed by atoms with Crippen molar-refractivity contribution in [1.29, 1.82) is 0 Å². The van der Waals surface area contributed by atoms with Crippen molar-refractivity contribution in [2.24, 2.45) is 11.8 Å². The number of aliphatic hydroxyl groups excluding tert-OH is 1. The van der Waals surface area contributed by atoms with E-state index in [1.807, 2.05) is 0 Å². The normalized spacial score (nSPS) is 12.3. The van der Waals surface area contributed by atoms with E-state index >= 15 is 0 Å². The van der Waals surface area contributed by atoms with Gasteiger partial charge in [0.2, 0.25) is 0 Å². The first kappa shape index (κ1) is 47.9. The molecule has 0 aromatic heterocycles. The number of rotatable bonds is 40. The van der Waals surface area contributed by atoms with Gasteiger partial charge in [0.25, 0.3) is 0 Å². The number of unbranched alkanes of at least 4 members (excludes halogenated alkanes) is 22. The van der Waals surface area contributed by atoms with Crippen molar-refractivity contribution in [1.82, 2.24) is 4.90 Å². The molecule has 0 radical (unpaired) electrons. The average Bonchev–Trinajstić information content (AvgIpc) is 3.09. The third-order valence-electron chi connectivity index (χ3n) is 10.5. The molecular weight excluding hydrogens is 610 g/mol. The first-order valence-corrected chi connectivity index (χ1v) is 21.7. The van der Waals surface area contributed by atoms with E-state index < -0.39 is 5.97 Å². The van der Waals surface area contributed by atoms with Crippen LogP contribution in [0.3, 0.4) is 0 Å². The van der Waals surface area contributed by atoms with Crippen LogP contribution in [0.1, 0.15) is 220 Å². The smallest absolute Gasteiger partial charge is 0.306 e. The topological polar surface area (TPSA) is 87.1 Å². The minimum Gasteiger partial charge on any atom is -0.481 e. The maximum absolute atomic E-state index is 12.4. The van der Waals surface area contributed by atoms with Gasteiger partial charge in [-0.15, -0.1) is 0 Å². The molecule has 292 valence electrons. The largest absolute Gasteiger partial charge is 0.481 e. The molecule has 0 heterocycles. The van der Waals surface area contributed by atoms with Crippen molar-refractivity contribution in [3.63, 3.8) is 0 Å². The highest BCUT2D eigenvalue weighted by Crippen LogP contribution is 2.30. The molecule has 0 aliphatic rings. The summed E-state index contributed by atoms with van der Waals surface area (Å²) in [6.07, 6.45) is 35.8. The molecule has 0 rings (SSSR count). The lowest BCUT2D eigenvalue weighted by Gasteiger charge is -2.25. The van der Waals surface area contributed by atoms with E-state index in [4.69, 9.17) is 4.74 Å². The Morgan fingerprint density at radius 2 is 0.918 bits per heavy atom. The number of ether oxygens (including phenoxy) is 1. The molecule has 49 heavy (non-hydrogen) atoms. The highest BCUT2D eigenvalue weighted by molar-refractivity contribution is 5.70. The van der Waals surface area contributed by atoms with Gasteiger partial charge in [0, 0.05) is 13.0 Å². The van der Waals surface area contributed by atoms with E-state index in [-0.39, 0.29) is 18.5 Å². The molecule has 0 aromatic rings. The van der Waals surface area contributed by atoms with E-state index in [9.17, 15) is 19.8 Å². The highest BCUT2D eigenvalue weighted by Gasteiger charge is 2.27. The quantitative estimate of drug-likeness (QED) is 0.0490. The number of carboxylic acids is 1. The van der Waals surface area contributed by atoms with E-state index in [2.05, 4.69) is 25.7 Å². The van der Waals surface area contributed by atoms with E-state index in [1.54, 1.807) is 0 Å². The Morgan fingerprint density at radius 3 is 1.39 bits per heavy atom. The molecular formula is C43H85NO5. The second kappa shape index (κ2) is 38.1. The van der Waals surface area contributed by atoms with Gasteiger partial charge in [-0.1, -0.05) is 168 Å². The Hall–Kier alpha value is -1.14. The fourth-order valence-corrected chi connectivity index (χ4v) is 7.29. The number of carboxylic acid groups (broad SMARTS) is 1. The van der Waals surface area contributed by atoms with Crippen LogP contribution in [-0.2, 0) is 14.3 Å². The van der Waals surface area contributed by atoms with Crippen LogP contribution in [0.2, 0.25) is 0 Å². The van der Waals surface area contributed by atoms with Crippen molar-refractivity contribution in [3.05, 3.63) is 0 Å². The van der Waals surface area contributed by atoms with Crippen molar-refractivity contribution >= 4 is 11.9 Å². The molecule has 2 N–H and O–H groups in total. The number of esters is 1. The van der Waals surface area contributed by atoms with Gasteiger partial charge in [0.15, 0.2) is 0 Å². The van der Waals surface area contributed by atoms with Crippen LogP contribution in [0.4, 0.5) is 0 Å². The van der Waals surface area contributed by atoms with Crippen LogP contribution < -0.4 is 0 Å². The number of carbonyl (C=O) groups excluding carboxylic acids is 1. The lowest BCUT2D eigenvalue weighted by molar-refractivity contribution is -0.145. The van der Waals surface area contributed by atoms with Crippen molar-refractivity contribution in [2.45, 2.75) is 220 Å². The predicted molar refractivity (Wildman–Crippen MR) is 209 cm³/mol. The third kappa shape index (κ3) is 32.5. The summed E-state index contributed by atoms with van der Waals surface area (Å²) in [6, 6.07) is 0. The monoisotopic (exact) mass is 696 g/mol. The maximum atomic E-state index is 12.4. The number of nitrogens with zero attached hydrogens (tertiary/aromatic N) is 1. The van der Waals surface area contributed by atoms with E-state index in [0.29, 0.717) is 25.5 Å². The maximum Gasteiger partial charge on any atom is 0.306 e. The highest BCUT2D eigenvalue weighted by atomic mass is 16.5. The second-order valence-electron chi connectivity index (χ2n) is 15.1. The van der Waals surface area contributed by atoms with E-state index in [0.717, 1.165) is 90.1 Å². The molecule has 0 bridgehead atoms. The molecule has 1 atom stereocenters. The van der Waals surface area contributed by atoms with Crippen molar-refractivity contribution in [3.8, 4) is 0 Å². The van der Waals surface area contributed by atoms with Crippen LogP contribution in [0.15, 0.2) is 0 Å². The summed E-state index contributed by atoms with van der Waals surface area (Å²) in [5, 5.41) is 19.8. The zero-order valence-electron chi connectivity index (χ0n) is 33.2. The Morgan fingerprint density at radius 1 is 0.510 bits per heavy atom. The molecule has 0 aliphatic heterocycles. The summed E-state index contributed by atoms with van der Waals surface area (Å²) in [6.45, 7) is 10.1. The minimum atomic E-state index is -0.576. The summed E-state index contributed by atoms with van der Waals surface area (Å²) in [5.41, 5.74) is 0. The van der Waals surface area contributed by atoms with Crippen LogP contribution in [-0.4, -0.2) is 59.9 Å². The zero-order chi connectivity index (χ0) is 36.0.